The third-order valence-electron chi connectivity index (χ3n) is 3.09. The number of ether oxygens (including phenoxy) is 1. The molecule has 2 N–H and O–H groups in total. The van der Waals surface area contributed by atoms with Gasteiger partial charge in [0.2, 0.25) is 5.91 Å². The number of fused-ring (bicyclic) bond motifs is 1. The molecule has 0 saturated heterocycles. The predicted octanol–water partition coefficient (Wildman–Crippen LogP) is 2.23. The van der Waals surface area contributed by atoms with Gasteiger partial charge in [0.25, 0.3) is 0 Å². The van der Waals surface area contributed by atoms with Crippen molar-refractivity contribution in [3.05, 3.63) is 18.2 Å². The summed E-state index contributed by atoms with van der Waals surface area (Å²) >= 11 is 0. The normalized spacial score (nSPS) is 23.1. The Morgan fingerprint density at radius 2 is 2.12 bits per heavy atom. The van der Waals surface area contributed by atoms with Crippen LogP contribution in [0.4, 0.5) is 11.4 Å². The van der Waals surface area contributed by atoms with Gasteiger partial charge in [-0.3, -0.25) is 4.79 Å². The molecule has 0 spiro atoms. The Kier molecular flexibility index (Phi) is 2.50. The zero-order chi connectivity index (χ0) is 11.8. The highest BCUT2D eigenvalue weighted by Crippen LogP contribution is 2.34. The van der Waals surface area contributed by atoms with Crippen LogP contribution in [0.5, 0.6) is 5.75 Å². The smallest absolute Gasteiger partial charge is 0.249 e. The molecule has 16 heavy (non-hydrogen) atoms. The van der Waals surface area contributed by atoms with Crippen LogP contribution in [-0.2, 0) is 4.79 Å². The van der Waals surface area contributed by atoms with Crippen LogP contribution in [0.1, 0.15) is 20.3 Å². The quantitative estimate of drug-likeness (QED) is 0.803. The van der Waals surface area contributed by atoms with E-state index in [1.165, 1.54) is 0 Å². The maximum Gasteiger partial charge on any atom is 0.249 e. The van der Waals surface area contributed by atoms with Gasteiger partial charge in [0.05, 0.1) is 18.5 Å². The lowest BCUT2D eigenvalue weighted by molar-refractivity contribution is -0.120. The zero-order valence-corrected chi connectivity index (χ0v) is 9.76. The van der Waals surface area contributed by atoms with E-state index in [0.29, 0.717) is 0 Å². The van der Waals surface area contributed by atoms with Crippen molar-refractivity contribution in [3.8, 4) is 5.75 Å². The number of hydrogen-bond donors (Lipinski definition) is 2. The number of amides is 1. The van der Waals surface area contributed by atoms with Gasteiger partial charge in [-0.25, -0.2) is 0 Å². The summed E-state index contributed by atoms with van der Waals surface area (Å²) in [5.74, 6) is 0.733. The highest BCUT2D eigenvalue weighted by molar-refractivity contribution is 6.05. The van der Waals surface area contributed by atoms with Crippen LogP contribution in [0, 0.1) is 0 Å². The van der Waals surface area contributed by atoms with E-state index < -0.39 is 5.54 Å². The minimum Gasteiger partial charge on any atom is -0.497 e. The molecule has 1 aromatic carbocycles. The first kappa shape index (κ1) is 10.8. The molecule has 1 aliphatic heterocycles. The van der Waals surface area contributed by atoms with Crippen LogP contribution in [-0.4, -0.2) is 18.6 Å². The van der Waals surface area contributed by atoms with Gasteiger partial charge in [0.15, 0.2) is 0 Å². The number of carbonyl (C=O) groups excluding carboxylic acids is 1. The van der Waals surface area contributed by atoms with Gasteiger partial charge >= 0.3 is 0 Å². The summed E-state index contributed by atoms with van der Waals surface area (Å²) in [4.78, 5) is 11.9. The molecule has 0 fully saturated rings. The molecule has 2 rings (SSSR count). The van der Waals surface area contributed by atoms with Crippen molar-refractivity contribution in [2.75, 3.05) is 17.7 Å². The fourth-order valence-corrected chi connectivity index (χ4v) is 1.73. The summed E-state index contributed by atoms with van der Waals surface area (Å²) < 4.78 is 5.11. The fourth-order valence-electron chi connectivity index (χ4n) is 1.73. The number of nitrogens with one attached hydrogen (secondary N) is 2. The van der Waals surface area contributed by atoms with Crippen LogP contribution in [0.25, 0.3) is 0 Å². The predicted molar refractivity (Wildman–Crippen MR) is 63.9 cm³/mol. The van der Waals surface area contributed by atoms with Gasteiger partial charge in [-0.15, -0.1) is 0 Å². The van der Waals surface area contributed by atoms with Gasteiger partial charge in [-0.05, 0) is 25.5 Å². The van der Waals surface area contributed by atoms with E-state index in [1.807, 2.05) is 32.0 Å². The molecule has 1 aliphatic rings. The maximum absolute atomic E-state index is 11.9. The highest BCUT2D eigenvalue weighted by atomic mass is 16.5. The second-order valence-corrected chi connectivity index (χ2v) is 4.18. The third kappa shape index (κ3) is 1.60. The molecule has 1 unspecified atom stereocenters. The van der Waals surface area contributed by atoms with Gasteiger partial charge in [0.1, 0.15) is 11.3 Å². The Bertz CT molecular complexity index is 431. The summed E-state index contributed by atoms with van der Waals surface area (Å²) in [5, 5.41) is 6.15. The summed E-state index contributed by atoms with van der Waals surface area (Å²) in [5.41, 5.74) is 1.18. The molecule has 4 heteroatoms. The van der Waals surface area contributed by atoms with Crippen molar-refractivity contribution < 1.29 is 9.53 Å². The van der Waals surface area contributed by atoms with E-state index in [9.17, 15) is 4.79 Å². The lowest BCUT2D eigenvalue weighted by Crippen LogP contribution is -2.49. The Morgan fingerprint density at radius 1 is 1.38 bits per heavy atom. The van der Waals surface area contributed by atoms with E-state index in [1.54, 1.807) is 7.11 Å². The Hall–Kier alpha value is -1.71. The average molecular weight is 220 g/mol. The molecule has 1 atom stereocenters. The number of rotatable bonds is 2. The van der Waals surface area contributed by atoms with E-state index >= 15 is 0 Å². The highest BCUT2D eigenvalue weighted by Gasteiger charge is 2.35. The van der Waals surface area contributed by atoms with Crippen molar-refractivity contribution in [2.45, 2.75) is 25.8 Å². The molecule has 1 heterocycles. The summed E-state index contributed by atoms with van der Waals surface area (Å²) in [7, 11) is 1.61. The van der Waals surface area contributed by atoms with E-state index in [4.69, 9.17) is 4.74 Å². The number of hydrogen-bond acceptors (Lipinski definition) is 3. The molecule has 0 bridgehead atoms. The summed E-state index contributed by atoms with van der Waals surface area (Å²) in [6, 6.07) is 5.61. The van der Waals surface area contributed by atoms with Gasteiger partial charge in [-0.1, -0.05) is 6.92 Å². The maximum atomic E-state index is 11.9. The number of methoxy groups -OCH3 is 1. The number of anilines is 2. The van der Waals surface area contributed by atoms with Crippen LogP contribution in [0.2, 0.25) is 0 Å². The minimum absolute atomic E-state index is 0.00393. The topological polar surface area (TPSA) is 50.4 Å². The Balaban J connectivity index is 2.39. The monoisotopic (exact) mass is 220 g/mol. The number of benzene rings is 1. The van der Waals surface area contributed by atoms with E-state index in [2.05, 4.69) is 10.6 Å². The van der Waals surface area contributed by atoms with Crippen molar-refractivity contribution in [1.29, 1.82) is 0 Å². The minimum atomic E-state index is -0.526. The Labute approximate surface area is 95.0 Å². The van der Waals surface area contributed by atoms with E-state index in [-0.39, 0.29) is 5.91 Å². The standard InChI is InChI=1S/C12H16N2O2/c1-4-12(2)11(15)13-10-7-8(16-3)5-6-9(10)14-12/h5-7,14H,4H2,1-3H3,(H,13,15). The van der Waals surface area contributed by atoms with Gasteiger partial charge in [0, 0.05) is 6.07 Å². The second kappa shape index (κ2) is 3.70. The van der Waals surface area contributed by atoms with Crippen molar-refractivity contribution in [1.82, 2.24) is 0 Å². The number of carbonyl (C=O) groups is 1. The second-order valence-electron chi connectivity index (χ2n) is 4.18. The molecule has 0 aliphatic carbocycles. The summed E-state index contributed by atoms with van der Waals surface area (Å²) in [6.07, 6.45) is 0.740. The first-order chi connectivity index (χ1) is 7.59. The molecule has 0 aromatic heterocycles. The SMILES string of the molecule is CCC1(C)Nc2ccc(OC)cc2NC1=O. The Morgan fingerprint density at radius 3 is 2.75 bits per heavy atom. The van der Waals surface area contributed by atoms with Crippen molar-refractivity contribution in [3.63, 3.8) is 0 Å². The van der Waals surface area contributed by atoms with Crippen molar-refractivity contribution >= 4 is 17.3 Å². The molecular weight excluding hydrogens is 204 g/mol. The fraction of sp³-hybridized carbons (Fsp3) is 0.417. The lowest BCUT2D eigenvalue weighted by atomic mass is 9.94. The molecule has 1 amide bonds. The first-order valence-corrected chi connectivity index (χ1v) is 5.37. The van der Waals surface area contributed by atoms with Crippen LogP contribution in [0.3, 0.4) is 0 Å². The molecule has 4 nitrogen and oxygen atoms in total. The van der Waals surface area contributed by atoms with E-state index in [0.717, 1.165) is 23.5 Å². The zero-order valence-electron chi connectivity index (χ0n) is 9.76. The summed E-state index contributed by atoms with van der Waals surface area (Å²) in [6.45, 7) is 3.89. The third-order valence-corrected chi connectivity index (χ3v) is 3.09. The lowest BCUT2D eigenvalue weighted by Gasteiger charge is -2.35. The van der Waals surface area contributed by atoms with Crippen molar-refractivity contribution in [2.24, 2.45) is 0 Å². The average Bonchev–Trinajstić information content (AvgIpc) is 2.30. The first-order valence-electron chi connectivity index (χ1n) is 5.37. The van der Waals surface area contributed by atoms with Crippen LogP contribution in [0.15, 0.2) is 18.2 Å². The molecule has 0 saturated carbocycles. The molecule has 0 radical (unpaired) electrons. The van der Waals surface area contributed by atoms with Crippen LogP contribution >= 0.6 is 0 Å². The molecule has 86 valence electrons. The largest absolute Gasteiger partial charge is 0.497 e. The van der Waals surface area contributed by atoms with Gasteiger partial charge in [-0.2, -0.15) is 0 Å². The van der Waals surface area contributed by atoms with Crippen LogP contribution < -0.4 is 15.4 Å². The van der Waals surface area contributed by atoms with Gasteiger partial charge < -0.3 is 15.4 Å². The molecule has 1 aromatic rings. The molecular formula is C12H16N2O2.